The highest BCUT2D eigenvalue weighted by Gasteiger charge is 2.31. The molecule has 0 unspecified atom stereocenters. The molecule has 2 aromatic carbocycles. The van der Waals surface area contributed by atoms with E-state index >= 15 is 0 Å². The summed E-state index contributed by atoms with van der Waals surface area (Å²) in [6.45, 7) is 13.0. The third-order valence-corrected chi connectivity index (χ3v) is 8.24. The Kier molecular flexibility index (Phi) is 8.29. The van der Waals surface area contributed by atoms with E-state index < -0.39 is 0 Å². The number of rotatable bonds is 7. The maximum Gasteiger partial charge on any atom is 0.222 e. The van der Waals surface area contributed by atoms with Crippen molar-refractivity contribution in [3.8, 4) is 11.3 Å². The van der Waals surface area contributed by atoms with Gasteiger partial charge >= 0.3 is 0 Å². The van der Waals surface area contributed by atoms with Gasteiger partial charge < -0.3 is 14.7 Å². The smallest absolute Gasteiger partial charge is 0.222 e. The molecule has 2 saturated heterocycles. The van der Waals surface area contributed by atoms with Crippen LogP contribution in [-0.2, 0) is 23.2 Å². The van der Waals surface area contributed by atoms with Crippen molar-refractivity contribution in [3.05, 3.63) is 77.5 Å². The lowest BCUT2D eigenvalue weighted by Gasteiger charge is -2.37. The fourth-order valence-electron chi connectivity index (χ4n) is 5.78. The van der Waals surface area contributed by atoms with Gasteiger partial charge in [-0.05, 0) is 54.3 Å². The molecule has 2 atom stereocenters. The lowest BCUT2D eigenvalue weighted by Crippen LogP contribution is -2.49. The quantitative estimate of drug-likeness (QED) is 0.473. The molecule has 0 bridgehead atoms. The summed E-state index contributed by atoms with van der Waals surface area (Å²) in [5, 5.41) is 7.94. The molecule has 0 saturated carbocycles. The number of hydrogen-bond donors (Lipinski definition) is 1. The number of carbonyl (C=O) groups excluding carboxylic acids is 1. The third kappa shape index (κ3) is 6.72. The fraction of sp³-hybridized carbons (Fsp3) is 0.500. The first-order valence-corrected chi connectivity index (χ1v) is 14.2. The van der Waals surface area contributed by atoms with Gasteiger partial charge in [0.2, 0.25) is 5.91 Å². The number of amides is 1. The molecule has 2 fully saturated rings. The van der Waals surface area contributed by atoms with Gasteiger partial charge in [0, 0.05) is 50.8 Å². The van der Waals surface area contributed by atoms with Crippen LogP contribution >= 0.6 is 0 Å². The maximum atomic E-state index is 13.3. The van der Waals surface area contributed by atoms with Crippen LogP contribution in [0.15, 0.2) is 65.2 Å². The predicted molar refractivity (Wildman–Crippen MR) is 152 cm³/mol. The highest BCUT2D eigenvalue weighted by Crippen LogP contribution is 2.30. The molecule has 2 aliphatic heterocycles. The van der Waals surface area contributed by atoms with Crippen LogP contribution in [0.3, 0.4) is 0 Å². The Balaban J connectivity index is 1.14. The van der Waals surface area contributed by atoms with E-state index in [1.165, 1.54) is 11.1 Å². The number of piperidine rings is 1. The largest absolute Gasteiger partial charge is 0.356 e. The summed E-state index contributed by atoms with van der Waals surface area (Å²) in [4.78, 5) is 17.8. The zero-order chi connectivity index (χ0) is 26.5. The Morgan fingerprint density at radius 3 is 2.45 bits per heavy atom. The molecule has 3 aromatic rings. The molecule has 1 N–H and O–H groups in total. The first-order valence-electron chi connectivity index (χ1n) is 14.2. The number of nitrogens with one attached hydrogen (secondary N) is 1. The van der Waals surface area contributed by atoms with Gasteiger partial charge in [0.15, 0.2) is 5.76 Å². The average Bonchev–Trinajstić information content (AvgIpc) is 3.39. The highest BCUT2D eigenvalue weighted by molar-refractivity contribution is 5.76. The van der Waals surface area contributed by atoms with Crippen LogP contribution in [0.5, 0.6) is 0 Å². The second-order valence-corrected chi connectivity index (χ2v) is 12.1. The van der Waals surface area contributed by atoms with Crippen LogP contribution in [0.25, 0.3) is 11.3 Å². The lowest BCUT2D eigenvalue weighted by atomic mass is 9.81. The fourth-order valence-corrected chi connectivity index (χ4v) is 5.78. The number of carbonyl (C=O) groups is 1. The van der Waals surface area contributed by atoms with Crippen LogP contribution in [0.1, 0.15) is 50.4 Å². The van der Waals surface area contributed by atoms with Gasteiger partial charge in [0.05, 0.1) is 5.69 Å². The molecular formula is C32H42N4O2. The van der Waals surface area contributed by atoms with E-state index in [9.17, 15) is 4.79 Å². The van der Waals surface area contributed by atoms with E-state index in [0.29, 0.717) is 24.2 Å². The molecule has 0 radical (unpaired) electrons. The minimum atomic E-state index is 0.126. The molecule has 6 nitrogen and oxygen atoms in total. The molecule has 1 aromatic heterocycles. The van der Waals surface area contributed by atoms with E-state index in [-0.39, 0.29) is 5.41 Å². The van der Waals surface area contributed by atoms with Gasteiger partial charge in [0.1, 0.15) is 0 Å². The van der Waals surface area contributed by atoms with Gasteiger partial charge in [-0.15, -0.1) is 0 Å². The number of piperazine rings is 1. The number of aromatic nitrogens is 1. The Bertz CT molecular complexity index is 1170. The zero-order valence-electron chi connectivity index (χ0n) is 23.2. The second-order valence-electron chi connectivity index (χ2n) is 12.1. The van der Waals surface area contributed by atoms with Crippen molar-refractivity contribution in [2.45, 2.75) is 52.0 Å². The molecule has 0 aliphatic carbocycles. The summed E-state index contributed by atoms with van der Waals surface area (Å²) in [5.41, 5.74) is 4.79. The predicted octanol–water partition coefficient (Wildman–Crippen LogP) is 5.14. The molecule has 38 heavy (non-hydrogen) atoms. The Hall–Kier alpha value is -2.96. The summed E-state index contributed by atoms with van der Waals surface area (Å²) < 4.78 is 5.73. The topological polar surface area (TPSA) is 61.6 Å². The Morgan fingerprint density at radius 2 is 1.74 bits per heavy atom. The van der Waals surface area contributed by atoms with Gasteiger partial charge in [0.25, 0.3) is 0 Å². The molecule has 202 valence electrons. The lowest BCUT2D eigenvalue weighted by molar-refractivity contribution is -0.134. The first-order chi connectivity index (χ1) is 18.3. The van der Waals surface area contributed by atoms with E-state index in [1.807, 2.05) is 0 Å². The summed E-state index contributed by atoms with van der Waals surface area (Å²) >= 11 is 0. The van der Waals surface area contributed by atoms with Crippen LogP contribution in [0.4, 0.5) is 0 Å². The van der Waals surface area contributed by atoms with Gasteiger partial charge in [-0.3, -0.25) is 9.69 Å². The molecular weight excluding hydrogens is 472 g/mol. The van der Waals surface area contributed by atoms with Crippen molar-refractivity contribution >= 4 is 5.91 Å². The van der Waals surface area contributed by atoms with Crippen molar-refractivity contribution < 1.29 is 9.32 Å². The molecule has 1 amide bonds. The highest BCUT2D eigenvalue weighted by atomic mass is 16.5. The van der Waals surface area contributed by atoms with Crippen molar-refractivity contribution in [3.63, 3.8) is 0 Å². The zero-order valence-corrected chi connectivity index (χ0v) is 23.2. The van der Waals surface area contributed by atoms with Crippen molar-refractivity contribution in [1.29, 1.82) is 0 Å². The van der Waals surface area contributed by atoms with Crippen molar-refractivity contribution in [2.24, 2.45) is 11.8 Å². The Morgan fingerprint density at radius 1 is 1.00 bits per heavy atom. The van der Waals surface area contributed by atoms with Crippen LogP contribution in [0, 0.1) is 11.8 Å². The molecule has 3 heterocycles. The van der Waals surface area contributed by atoms with Gasteiger partial charge in [-0.25, -0.2) is 0 Å². The minimum absolute atomic E-state index is 0.126. The monoisotopic (exact) mass is 514 g/mol. The standard InChI is InChI=1S/C32H42N4O2/c1-32(2,3)28-11-9-25(10-12-28)30-21-29(34-38-30)19-27-22-33-14-13-26(27)20-31(37)36-17-15-35(16-18-36)23-24-7-5-4-6-8-24/h4-12,21,26-27,33H,13-20,22-23H2,1-3H3/t26-,27-/m0/s1. The van der Waals surface area contributed by atoms with Crippen LogP contribution < -0.4 is 5.32 Å². The summed E-state index contributed by atoms with van der Waals surface area (Å²) in [6, 6.07) is 21.3. The van der Waals surface area contributed by atoms with Gasteiger partial charge in [-0.2, -0.15) is 0 Å². The molecule has 6 heteroatoms. The third-order valence-electron chi connectivity index (χ3n) is 8.24. The molecule has 0 spiro atoms. The van der Waals surface area contributed by atoms with Crippen molar-refractivity contribution in [1.82, 2.24) is 20.3 Å². The Labute approximate surface area is 227 Å². The molecule has 5 rings (SSSR count). The number of benzene rings is 2. The van der Waals surface area contributed by atoms with E-state index in [0.717, 1.165) is 75.7 Å². The summed E-state index contributed by atoms with van der Waals surface area (Å²) in [5.74, 6) is 1.87. The SMILES string of the molecule is CC(C)(C)c1ccc(-c2cc(C[C@H]3CNCC[C@H]3CC(=O)N3CCN(Cc4ccccc4)CC3)no2)cc1. The summed E-state index contributed by atoms with van der Waals surface area (Å²) in [7, 11) is 0. The second kappa shape index (κ2) is 11.8. The van der Waals surface area contributed by atoms with Crippen molar-refractivity contribution in [2.75, 3.05) is 39.3 Å². The minimum Gasteiger partial charge on any atom is -0.356 e. The maximum absolute atomic E-state index is 13.3. The first kappa shape index (κ1) is 26.6. The van der Waals surface area contributed by atoms with E-state index in [2.05, 4.69) is 102 Å². The average molecular weight is 515 g/mol. The molecule has 2 aliphatic rings. The van der Waals surface area contributed by atoms with Crippen LogP contribution in [-0.4, -0.2) is 60.1 Å². The van der Waals surface area contributed by atoms with E-state index in [4.69, 9.17) is 4.52 Å². The summed E-state index contributed by atoms with van der Waals surface area (Å²) in [6.07, 6.45) is 2.49. The van der Waals surface area contributed by atoms with Crippen LogP contribution in [0.2, 0.25) is 0 Å². The number of nitrogens with zero attached hydrogens (tertiary/aromatic N) is 3. The number of hydrogen-bond acceptors (Lipinski definition) is 5. The van der Waals surface area contributed by atoms with E-state index in [1.54, 1.807) is 0 Å². The van der Waals surface area contributed by atoms with Gasteiger partial charge in [-0.1, -0.05) is 80.5 Å². The normalized spacial score (nSPS) is 21.0.